The van der Waals surface area contributed by atoms with Crippen molar-refractivity contribution in [2.24, 2.45) is 0 Å². The van der Waals surface area contributed by atoms with E-state index in [0.29, 0.717) is 27.1 Å². The first kappa shape index (κ1) is 19.8. The van der Waals surface area contributed by atoms with E-state index >= 15 is 0 Å². The Labute approximate surface area is 171 Å². The fourth-order valence-corrected chi connectivity index (χ4v) is 2.79. The minimum atomic E-state index is -0.582. The van der Waals surface area contributed by atoms with Crippen LogP contribution in [-0.4, -0.2) is 11.8 Å². The number of ether oxygens (including phenoxy) is 1. The third kappa shape index (κ3) is 5.52. The molecule has 0 aliphatic rings. The molecule has 3 aromatic rings. The summed E-state index contributed by atoms with van der Waals surface area (Å²) in [7, 11) is 0. The number of rotatable bonds is 6. The molecule has 2 aromatic carbocycles. The molecule has 2 amide bonds. The number of furan rings is 1. The van der Waals surface area contributed by atoms with Crippen molar-refractivity contribution in [3.05, 3.63) is 87.8 Å². The lowest BCUT2D eigenvalue weighted by molar-refractivity contribution is -0.121. The van der Waals surface area contributed by atoms with Gasteiger partial charge in [-0.3, -0.25) is 20.4 Å². The molecule has 144 valence electrons. The van der Waals surface area contributed by atoms with E-state index in [4.69, 9.17) is 32.4 Å². The molecule has 0 spiro atoms. The summed E-state index contributed by atoms with van der Waals surface area (Å²) >= 11 is 11.9. The molecule has 1 aromatic heterocycles. The Balaban J connectivity index is 1.48. The van der Waals surface area contributed by atoms with Gasteiger partial charge in [-0.1, -0.05) is 47.5 Å². The van der Waals surface area contributed by atoms with Crippen LogP contribution in [0.25, 0.3) is 0 Å². The monoisotopic (exact) mass is 418 g/mol. The third-order valence-electron chi connectivity index (χ3n) is 3.69. The lowest BCUT2D eigenvalue weighted by Gasteiger charge is -2.07. The molecule has 0 bridgehead atoms. The summed E-state index contributed by atoms with van der Waals surface area (Å²) < 4.78 is 11.0. The van der Waals surface area contributed by atoms with Crippen LogP contribution in [0, 0.1) is 0 Å². The predicted molar refractivity (Wildman–Crippen MR) is 105 cm³/mol. The van der Waals surface area contributed by atoms with E-state index in [1.165, 1.54) is 6.07 Å². The Bertz CT molecular complexity index is 973. The second-order valence-electron chi connectivity index (χ2n) is 5.78. The standard InChI is InChI=1S/C20H16Cl2N2O4/c21-14-7-6-13(17(22)11-14)10-19(25)23-24-20(26)18-9-8-16(28-18)12-27-15-4-2-1-3-5-15/h1-9,11H,10,12H2,(H,23,25)(H,24,26). The normalized spacial score (nSPS) is 10.4. The van der Waals surface area contributed by atoms with Crippen molar-refractivity contribution in [3.8, 4) is 5.75 Å². The molecule has 0 aliphatic carbocycles. The number of hydrazine groups is 1. The quantitative estimate of drug-likeness (QED) is 0.588. The minimum absolute atomic E-state index is 0.00932. The molecular formula is C20H16Cl2N2O4. The highest BCUT2D eigenvalue weighted by atomic mass is 35.5. The van der Waals surface area contributed by atoms with Gasteiger partial charge in [-0.2, -0.15) is 0 Å². The number of halogens is 2. The molecule has 0 radical (unpaired) electrons. The first-order valence-corrected chi connectivity index (χ1v) is 9.06. The number of benzene rings is 2. The lowest BCUT2D eigenvalue weighted by Crippen LogP contribution is -2.42. The third-order valence-corrected chi connectivity index (χ3v) is 4.28. The molecule has 3 rings (SSSR count). The molecule has 0 fully saturated rings. The van der Waals surface area contributed by atoms with Crippen molar-refractivity contribution >= 4 is 35.0 Å². The minimum Gasteiger partial charge on any atom is -0.486 e. The van der Waals surface area contributed by atoms with Crippen LogP contribution in [-0.2, 0) is 17.8 Å². The van der Waals surface area contributed by atoms with E-state index in [0.717, 1.165) is 0 Å². The average Bonchev–Trinajstić information content (AvgIpc) is 3.17. The van der Waals surface area contributed by atoms with Crippen molar-refractivity contribution < 1.29 is 18.7 Å². The van der Waals surface area contributed by atoms with Crippen LogP contribution >= 0.6 is 23.2 Å². The second kappa shape index (κ2) is 9.30. The number of nitrogens with one attached hydrogen (secondary N) is 2. The highest BCUT2D eigenvalue weighted by molar-refractivity contribution is 6.35. The van der Waals surface area contributed by atoms with Crippen LogP contribution in [0.2, 0.25) is 10.0 Å². The Morgan fingerprint density at radius 1 is 0.964 bits per heavy atom. The molecule has 0 atom stereocenters. The number of hydrogen-bond acceptors (Lipinski definition) is 4. The molecule has 6 nitrogen and oxygen atoms in total. The van der Waals surface area contributed by atoms with E-state index < -0.39 is 11.8 Å². The van der Waals surface area contributed by atoms with Gasteiger partial charge in [-0.15, -0.1) is 0 Å². The van der Waals surface area contributed by atoms with Gasteiger partial charge in [0.2, 0.25) is 5.91 Å². The van der Waals surface area contributed by atoms with Gasteiger partial charge in [-0.05, 0) is 42.0 Å². The number of carbonyl (C=O) groups excluding carboxylic acids is 2. The van der Waals surface area contributed by atoms with Crippen molar-refractivity contribution in [1.29, 1.82) is 0 Å². The largest absolute Gasteiger partial charge is 0.486 e. The maximum absolute atomic E-state index is 12.1. The van der Waals surface area contributed by atoms with Crippen LogP contribution in [0.3, 0.4) is 0 Å². The van der Waals surface area contributed by atoms with Crippen LogP contribution in [0.1, 0.15) is 21.9 Å². The Morgan fingerprint density at radius 2 is 1.75 bits per heavy atom. The van der Waals surface area contributed by atoms with Gasteiger partial charge in [0.15, 0.2) is 5.76 Å². The Hall–Kier alpha value is -2.96. The van der Waals surface area contributed by atoms with Gasteiger partial charge < -0.3 is 9.15 Å². The average molecular weight is 419 g/mol. The zero-order valence-corrected chi connectivity index (χ0v) is 16.1. The lowest BCUT2D eigenvalue weighted by atomic mass is 10.1. The van der Waals surface area contributed by atoms with E-state index in [9.17, 15) is 9.59 Å². The first-order chi connectivity index (χ1) is 13.5. The number of para-hydroxylation sites is 1. The van der Waals surface area contributed by atoms with Gasteiger partial charge in [0.05, 0.1) is 6.42 Å². The van der Waals surface area contributed by atoms with Crippen LogP contribution < -0.4 is 15.6 Å². The molecule has 0 saturated carbocycles. The van der Waals surface area contributed by atoms with Crippen molar-refractivity contribution in [3.63, 3.8) is 0 Å². The number of hydrogen-bond donors (Lipinski definition) is 2. The smallest absolute Gasteiger partial charge is 0.305 e. The molecule has 8 heteroatoms. The number of carbonyl (C=O) groups is 2. The van der Waals surface area contributed by atoms with E-state index in [2.05, 4.69) is 10.9 Å². The van der Waals surface area contributed by atoms with Gasteiger partial charge in [-0.25, -0.2) is 0 Å². The second-order valence-corrected chi connectivity index (χ2v) is 6.63. The fourth-order valence-electron chi connectivity index (χ4n) is 2.32. The maximum Gasteiger partial charge on any atom is 0.305 e. The summed E-state index contributed by atoms with van der Waals surface area (Å²) in [5, 5.41) is 0.857. The van der Waals surface area contributed by atoms with E-state index in [-0.39, 0.29) is 18.8 Å². The van der Waals surface area contributed by atoms with Crippen LogP contribution in [0.4, 0.5) is 0 Å². The summed E-state index contributed by atoms with van der Waals surface area (Å²) in [4.78, 5) is 24.1. The summed E-state index contributed by atoms with van der Waals surface area (Å²) in [5.74, 6) is 0.209. The molecular weight excluding hydrogens is 403 g/mol. The zero-order chi connectivity index (χ0) is 19.9. The molecule has 1 heterocycles. The molecule has 0 saturated heterocycles. The molecule has 0 unspecified atom stereocenters. The van der Waals surface area contributed by atoms with Gasteiger partial charge in [0, 0.05) is 10.0 Å². The Morgan fingerprint density at radius 3 is 2.50 bits per heavy atom. The van der Waals surface area contributed by atoms with Crippen LogP contribution in [0.5, 0.6) is 5.75 Å². The summed E-state index contributed by atoms with van der Waals surface area (Å²) in [6.45, 7) is 0.179. The van der Waals surface area contributed by atoms with Crippen LogP contribution in [0.15, 0.2) is 65.1 Å². The van der Waals surface area contributed by atoms with Crippen molar-refractivity contribution in [2.45, 2.75) is 13.0 Å². The van der Waals surface area contributed by atoms with Gasteiger partial charge >= 0.3 is 5.91 Å². The molecule has 0 aliphatic heterocycles. The maximum atomic E-state index is 12.1. The fraction of sp³-hybridized carbons (Fsp3) is 0.100. The zero-order valence-electron chi connectivity index (χ0n) is 14.6. The summed E-state index contributed by atoms with van der Waals surface area (Å²) in [5.41, 5.74) is 5.21. The van der Waals surface area contributed by atoms with Gasteiger partial charge in [0.25, 0.3) is 0 Å². The van der Waals surface area contributed by atoms with E-state index in [1.54, 1.807) is 24.3 Å². The molecule has 2 N–H and O–H groups in total. The van der Waals surface area contributed by atoms with Gasteiger partial charge in [0.1, 0.15) is 18.1 Å². The first-order valence-electron chi connectivity index (χ1n) is 8.31. The number of amides is 2. The Kier molecular flexibility index (Phi) is 6.57. The molecule has 28 heavy (non-hydrogen) atoms. The topological polar surface area (TPSA) is 80.6 Å². The SMILES string of the molecule is O=C(Cc1ccc(Cl)cc1Cl)NNC(=O)c1ccc(COc2ccccc2)o1. The summed E-state index contributed by atoms with van der Waals surface area (Å²) in [6, 6.07) is 17.2. The van der Waals surface area contributed by atoms with Crippen molar-refractivity contribution in [2.75, 3.05) is 0 Å². The van der Waals surface area contributed by atoms with Crippen molar-refractivity contribution in [1.82, 2.24) is 10.9 Å². The highest BCUT2D eigenvalue weighted by Crippen LogP contribution is 2.21. The van der Waals surface area contributed by atoms with E-state index in [1.807, 2.05) is 30.3 Å². The highest BCUT2D eigenvalue weighted by Gasteiger charge is 2.13. The predicted octanol–water partition coefficient (Wildman–Crippen LogP) is 4.17. The summed E-state index contributed by atoms with van der Waals surface area (Å²) in [6.07, 6.45) is -0.00932.